The van der Waals surface area contributed by atoms with Crippen LogP contribution in [0.1, 0.15) is 35.7 Å². The molecule has 2 N–H and O–H groups in total. The molecule has 0 unspecified atom stereocenters. The van der Waals surface area contributed by atoms with Crippen molar-refractivity contribution in [3.63, 3.8) is 0 Å². The monoisotopic (exact) mass is 406 g/mol. The Kier molecular flexibility index (Phi) is 8.39. The standard InChI is InChI=1S/C21H24F2N2O4/c1-3-10-29-18-7-4-14(11-19(18)28-2)13-25-20(26)8-9-24-21(27)16-6-5-15(22)12-17(16)23/h4-7,11-12H,3,8-10,13H2,1-2H3,(H,24,27)(H,25,26). The summed E-state index contributed by atoms with van der Waals surface area (Å²) in [6, 6.07) is 8.08. The van der Waals surface area contributed by atoms with Crippen LogP contribution < -0.4 is 20.1 Å². The van der Waals surface area contributed by atoms with Crippen LogP contribution in [0.5, 0.6) is 11.5 Å². The first-order valence-corrected chi connectivity index (χ1v) is 9.24. The Labute approximate surface area is 168 Å². The van der Waals surface area contributed by atoms with Crippen molar-refractivity contribution in [3.8, 4) is 11.5 Å². The van der Waals surface area contributed by atoms with Crippen LogP contribution >= 0.6 is 0 Å². The van der Waals surface area contributed by atoms with Crippen molar-refractivity contribution in [1.82, 2.24) is 10.6 Å². The lowest BCUT2D eigenvalue weighted by molar-refractivity contribution is -0.121. The van der Waals surface area contributed by atoms with Crippen LogP contribution in [0.25, 0.3) is 0 Å². The Hall–Kier alpha value is -3.16. The molecule has 2 rings (SSSR count). The van der Waals surface area contributed by atoms with Crippen LogP contribution in [0.15, 0.2) is 36.4 Å². The number of hydrogen-bond acceptors (Lipinski definition) is 4. The molecular weight excluding hydrogens is 382 g/mol. The molecule has 0 spiro atoms. The van der Waals surface area contributed by atoms with E-state index in [1.54, 1.807) is 19.2 Å². The molecule has 29 heavy (non-hydrogen) atoms. The summed E-state index contributed by atoms with van der Waals surface area (Å²) < 4.78 is 37.3. The summed E-state index contributed by atoms with van der Waals surface area (Å²) >= 11 is 0. The number of benzene rings is 2. The highest BCUT2D eigenvalue weighted by molar-refractivity contribution is 5.94. The number of hydrogen-bond donors (Lipinski definition) is 2. The largest absolute Gasteiger partial charge is 0.493 e. The lowest BCUT2D eigenvalue weighted by Gasteiger charge is -2.12. The van der Waals surface area contributed by atoms with Gasteiger partial charge < -0.3 is 20.1 Å². The first kappa shape index (κ1) is 22.1. The smallest absolute Gasteiger partial charge is 0.254 e. The van der Waals surface area contributed by atoms with Crippen molar-refractivity contribution < 1.29 is 27.8 Å². The average molecular weight is 406 g/mol. The molecule has 0 atom stereocenters. The molecule has 0 saturated heterocycles. The molecule has 6 nitrogen and oxygen atoms in total. The molecule has 0 heterocycles. The number of halogens is 2. The van der Waals surface area contributed by atoms with Crippen LogP contribution in [-0.4, -0.2) is 32.1 Å². The predicted molar refractivity (Wildman–Crippen MR) is 104 cm³/mol. The first-order valence-electron chi connectivity index (χ1n) is 9.24. The Morgan fingerprint density at radius 2 is 1.83 bits per heavy atom. The van der Waals surface area contributed by atoms with Crippen LogP contribution in [0.3, 0.4) is 0 Å². The number of nitrogens with one attached hydrogen (secondary N) is 2. The Morgan fingerprint density at radius 1 is 1.03 bits per heavy atom. The lowest BCUT2D eigenvalue weighted by Crippen LogP contribution is -2.31. The molecule has 0 bridgehead atoms. The number of methoxy groups -OCH3 is 1. The van der Waals surface area contributed by atoms with Gasteiger partial charge in [0.1, 0.15) is 11.6 Å². The highest BCUT2D eigenvalue weighted by atomic mass is 19.1. The minimum atomic E-state index is -0.952. The second-order valence-electron chi connectivity index (χ2n) is 6.24. The first-order chi connectivity index (χ1) is 13.9. The minimum absolute atomic E-state index is 0.0172. The highest BCUT2D eigenvalue weighted by Gasteiger charge is 2.13. The van der Waals surface area contributed by atoms with Gasteiger partial charge in [0.15, 0.2) is 11.5 Å². The summed E-state index contributed by atoms with van der Waals surface area (Å²) in [6.07, 6.45) is 0.898. The predicted octanol–water partition coefficient (Wildman–Crippen LogP) is 3.20. The molecule has 0 radical (unpaired) electrons. The molecule has 0 aliphatic carbocycles. The summed E-state index contributed by atoms with van der Waals surface area (Å²) in [5.74, 6) is -1.48. The zero-order valence-corrected chi connectivity index (χ0v) is 16.4. The van der Waals surface area contributed by atoms with E-state index < -0.39 is 17.5 Å². The van der Waals surface area contributed by atoms with Gasteiger partial charge in [0, 0.05) is 25.6 Å². The van der Waals surface area contributed by atoms with E-state index in [-0.39, 0.29) is 31.0 Å². The van der Waals surface area contributed by atoms with E-state index >= 15 is 0 Å². The summed E-state index contributed by atoms with van der Waals surface area (Å²) in [6.45, 7) is 2.90. The fourth-order valence-corrected chi connectivity index (χ4v) is 2.50. The van der Waals surface area contributed by atoms with Gasteiger partial charge in [0.05, 0.1) is 19.3 Å². The Balaban J connectivity index is 1.79. The van der Waals surface area contributed by atoms with Crippen molar-refractivity contribution in [1.29, 1.82) is 0 Å². The van der Waals surface area contributed by atoms with Gasteiger partial charge in [-0.2, -0.15) is 0 Å². The van der Waals surface area contributed by atoms with E-state index in [1.165, 1.54) is 0 Å². The second kappa shape index (κ2) is 11.0. The quantitative estimate of drug-likeness (QED) is 0.635. The summed E-state index contributed by atoms with van der Waals surface area (Å²) in [5.41, 5.74) is 0.556. The van der Waals surface area contributed by atoms with Crippen molar-refractivity contribution in [2.24, 2.45) is 0 Å². The van der Waals surface area contributed by atoms with Gasteiger partial charge in [-0.25, -0.2) is 8.78 Å². The van der Waals surface area contributed by atoms with Crippen molar-refractivity contribution in [3.05, 3.63) is 59.2 Å². The number of carbonyl (C=O) groups is 2. The molecular formula is C21H24F2N2O4. The number of rotatable bonds is 10. The Morgan fingerprint density at radius 3 is 2.52 bits per heavy atom. The minimum Gasteiger partial charge on any atom is -0.493 e. The van der Waals surface area contributed by atoms with Gasteiger partial charge >= 0.3 is 0 Å². The van der Waals surface area contributed by atoms with Crippen molar-refractivity contribution in [2.75, 3.05) is 20.3 Å². The molecule has 8 heteroatoms. The summed E-state index contributed by atoms with van der Waals surface area (Å²) in [4.78, 5) is 23.9. The molecule has 156 valence electrons. The Bertz CT molecular complexity index is 859. The van der Waals surface area contributed by atoms with Crippen LogP contribution in [0, 0.1) is 11.6 Å². The van der Waals surface area contributed by atoms with Crippen molar-refractivity contribution >= 4 is 11.8 Å². The summed E-state index contributed by atoms with van der Waals surface area (Å²) in [5, 5.41) is 5.17. The topological polar surface area (TPSA) is 76.7 Å². The second-order valence-corrected chi connectivity index (χ2v) is 6.24. The fourth-order valence-electron chi connectivity index (χ4n) is 2.50. The molecule has 0 aliphatic rings. The van der Waals surface area contributed by atoms with E-state index in [0.717, 1.165) is 24.1 Å². The lowest BCUT2D eigenvalue weighted by atomic mass is 10.2. The number of carbonyl (C=O) groups excluding carboxylic acids is 2. The van der Waals surface area contributed by atoms with Gasteiger partial charge in [-0.3, -0.25) is 9.59 Å². The van der Waals surface area contributed by atoms with Gasteiger partial charge in [-0.1, -0.05) is 13.0 Å². The maximum absolute atomic E-state index is 13.6. The maximum Gasteiger partial charge on any atom is 0.254 e. The number of amides is 2. The van der Waals surface area contributed by atoms with Crippen LogP contribution in [0.4, 0.5) is 8.78 Å². The van der Waals surface area contributed by atoms with Crippen LogP contribution in [-0.2, 0) is 11.3 Å². The average Bonchev–Trinajstić information content (AvgIpc) is 2.70. The van der Waals surface area contributed by atoms with E-state index in [2.05, 4.69) is 10.6 Å². The van der Waals surface area contributed by atoms with Gasteiger partial charge in [0.2, 0.25) is 5.91 Å². The van der Waals surface area contributed by atoms with Crippen LogP contribution in [0.2, 0.25) is 0 Å². The zero-order chi connectivity index (χ0) is 21.2. The van der Waals surface area contributed by atoms with E-state index in [4.69, 9.17) is 9.47 Å². The SMILES string of the molecule is CCCOc1ccc(CNC(=O)CCNC(=O)c2ccc(F)cc2F)cc1OC. The van der Waals surface area contributed by atoms with Gasteiger partial charge in [-0.15, -0.1) is 0 Å². The third kappa shape index (κ3) is 6.74. The van der Waals surface area contributed by atoms with E-state index in [1.807, 2.05) is 13.0 Å². The molecule has 2 aromatic rings. The zero-order valence-electron chi connectivity index (χ0n) is 16.4. The van der Waals surface area contributed by atoms with Crippen molar-refractivity contribution in [2.45, 2.75) is 26.3 Å². The van der Waals surface area contributed by atoms with E-state index in [9.17, 15) is 18.4 Å². The third-order valence-corrected chi connectivity index (χ3v) is 3.99. The molecule has 0 aromatic heterocycles. The highest BCUT2D eigenvalue weighted by Crippen LogP contribution is 2.28. The normalized spacial score (nSPS) is 10.3. The maximum atomic E-state index is 13.6. The number of ether oxygens (including phenoxy) is 2. The molecule has 2 amide bonds. The van der Waals surface area contributed by atoms with Gasteiger partial charge in [-0.05, 0) is 36.2 Å². The third-order valence-electron chi connectivity index (χ3n) is 3.99. The van der Waals surface area contributed by atoms with Gasteiger partial charge in [0.25, 0.3) is 5.91 Å². The molecule has 2 aromatic carbocycles. The molecule has 0 aliphatic heterocycles. The fraction of sp³-hybridized carbons (Fsp3) is 0.333. The summed E-state index contributed by atoms with van der Waals surface area (Å²) in [7, 11) is 1.54. The molecule has 0 fully saturated rings. The van der Waals surface area contributed by atoms with E-state index in [0.29, 0.717) is 24.2 Å². The molecule has 0 saturated carbocycles.